The van der Waals surface area contributed by atoms with Crippen molar-refractivity contribution >= 4 is 21.9 Å². The maximum atomic E-state index is 12.0. The van der Waals surface area contributed by atoms with Gasteiger partial charge in [-0.05, 0) is 43.5 Å². The molecule has 18 heavy (non-hydrogen) atoms. The van der Waals surface area contributed by atoms with Crippen molar-refractivity contribution in [1.29, 1.82) is 0 Å². The average molecular weight is 313 g/mol. The van der Waals surface area contributed by atoms with Crippen molar-refractivity contribution < 1.29 is 14.3 Å². The predicted octanol–water partition coefficient (Wildman–Crippen LogP) is 3.56. The van der Waals surface area contributed by atoms with Crippen molar-refractivity contribution in [3.05, 3.63) is 29.8 Å². The molecule has 0 heterocycles. The second-order valence-corrected chi connectivity index (χ2v) is 5.65. The number of carbonyl (C=O) groups excluding carboxylic acids is 1. The molecule has 4 heteroatoms. The number of hydrogen-bond acceptors (Lipinski definition) is 3. The van der Waals surface area contributed by atoms with Gasteiger partial charge in [-0.15, -0.1) is 0 Å². The molecule has 1 saturated carbocycles. The molecular formula is C14H17BrO3. The first-order valence-corrected chi connectivity index (χ1v) is 7.11. The molecule has 1 aliphatic carbocycles. The van der Waals surface area contributed by atoms with Crippen LogP contribution in [0, 0.1) is 0 Å². The molecule has 1 aromatic rings. The number of alkyl halides is 1. The fraction of sp³-hybridized carbons (Fsp3) is 0.500. The molecule has 1 aromatic carbocycles. The number of methoxy groups -OCH3 is 1. The van der Waals surface area contributed by atoms with Gasteiger partial charge in [-0.2, -0.15) is 0 Å². The van der Waals surface area contributed by atoms with Gasteiger partial charge in [0.2, 0.25) is 0 Å². The highest BCUT2D eigenvalue weighted by atomic mass is 79.9. The third-order valence-electron chi connectivity index (χ3n) is 3.21. The molecule has 0 aromatic heterocycles. The van der Waals surface area contributed by atoms with Crippen LogP contribution in [0.3, 0.4) is 0 Å². The first-order valence-electron chi connectivity index (χ1n) is 6.20. The Labute approximate surface area is 116 Å². The molecule has 0 amide bonds. The number of esters is 1. The highest BCUT2D eigenvalue weighted by molar-refractivity contribution is 9.09. The minimum Gasteiger partial charge on any atom is -0.497 e. The van der Waals surface area contributed by atoms with Crippen LogP contribution in [0.25, 0.3) is 0 Å². The van der Waals surface area contributed by atoms with E-state index in [2.05, 4.69) is 15.9 Å². The Morgan fingerprint density at radius 1 is 1.22 bits per heavy atom. The Morgan fingerprint density at radius 2 is 1.89 bits per heavy atom. The van der Waals surface area contributed by atoms with E-state index in [1.165, 1.54) is 6.42 Å². The van der Waals surface area contributed by atoms with Gasteiger partial charge < -0.3 is 9.47 Å². The predicted molar refractivity (Wildman–Crippen MR) is 73.4 cm³/mol. The molecule has 3 nitrogen and oxygen atoms in total. The van der Waals surface area contributed by atoms with Crippen LogP contribution in [0.2, 0.25) is 0 Å². The zero-order valence-corrected chi connectivity index (χ0v) is 12.0. The Bertz CT molecular complexity index is 402. The van der Waals surface area contributed by atoms with Crippen molar-refractivity contribution in [3.63, 3.8) is 0 Å². The van der Waals surface area contributed by atoms with E-state index in [1.807, 2.05) is 0 Å². The molecule has 0 spiro atoms. The number of rotatable bonds is 3. The van der Waals surface area contributed by atoms with Crippen molar-refractivity contribution in [2.75, 3.05) is 7.11 Å². The molecule has 0 N–H and O–H groups in total. The molecule has 98 valence electrons. The number of hydrogen-bond donors (Lipinski definition) is 0. The van der Waals surface area contributed by atoms with Crippen LogP contribution in [0.1, 0.15) is 36.0 Å². The average Bonchev–Trinajstić information content (AvgIpc) is 2.41. The van der Waals surface area contributed by atoms with Crippen LogP contribution in [0.15, 0.2) is 24.3 Å². The summed E-state index contributed by atoms with van der Waals surface area (Å²) in [6, 6.07) is 6.99. The second kappa shape index (κ2) is 6.23. The molecular weight excluding hydrogens is 296 g/mol. The third-order valence-corrected chi connectivity index (χ3v) is 4.25. The van der Waals surface area contributed by atoms with Crippen LogP contribution in [-0.4, -0.2) is 24.0 Å². The standard InChI is InChI=1S/C14H17BrO3/c1-17-11-8-6-10(7-9-11)14(16)18-13-5-3-2-4-12(13)15/h6-9,12-13H,2-5H2,1H3/t12-,13-/m1/s1. The van der Waals surface area contributed by atoms with Gasteiger partial charge in [0.15, 0.2) is 0 Å². The highest BCUT2D eigenvalue weighted by Crippen LogP contribution is 2.27. The fourth-order valence-electron chi connectivity index (χ4n) is 2.12. The molecule has 1 aliphatic rings. The van der Waals surface area contributed by atoms with E-state index < -0.39 is 0 Å². The van der Waals surface area contributed by atoms with Crippen molar-refractivity contribution in [2.45, 2.75) is 36.6 Å². The number of benzene rings is 1. The molecule has 0 radical (unpaired) electrons. The maximum Gasteiger partial charge on any atom is 0.338 e. The fourth-order valence-corrected chi connectivity index (χ4v) is 2.81. The molecule has 2 atom stereocenters. The van der Waals surface area contributed by atoms with Gasteiger partial charge in [0.05, 0.1) is 17.5 Å². The molecule has 2 rings (SSSR count). The molecule has 1 fully saturated rings. The molecule has 0 saturated heterocycles. The summed E-state index contributed by atoms with van der Waals surface area (Å²) < 4.78 is 10.6. The largest absolute Gasteiger partial charge is 0.497 e. The number of carbonyl (C=O) groups is 1. The molecule has 0 aliphatic heterocycles. The minimum atomic E-state index is -0.256. The van der Waals surface area contributed by atoms with Gasteiger partial charge in [-0.3, -0.25) is 0 Å². The lowest BCUT2D eigenvalue weighted by Crippen LogP contribution is -2.30. The first-order chi connectivity index (χ1) is 8.70. The monoisotopic (exact) mass is 312 g/mol. The Hall–Kier alpha value is -1.03. The lowest BCUT2D eigenvalue weighted by Gasteiger charge is -2.27. The lowest BCUT2D eigenvalue weighted by molar-refractivity contribution is 0.0235. The zero-order chi connectivity index (χ0) is 13.0. The van der Waals surface area contributed by atoms with Crippen LogP contribution < -0.4 is 4.74 Å². The SMILES string of the molecule is COc1ccc(C(=O)O[C@@H]2CCCC[C@H]2Br)cc1. The van der Waals surface area contributed by atoms with Gasteiger partial charge in [-0.1, -0.05) is 22.4 Å². The first kappa shape index (κ1) is 13.4. The van der Waals surface area contributed by atoms with E-state index in [1.54, 1.807) is 31.4 Å². The number of halogens is 1. The van der Waals surface area contributed by atoms with Gasteiger partial charge >= 0.3 is 5.97 Å². The van der Waals surface area contributed by atoms with E-state index in [-0.39, 0.29) is 16.9 Å². The zero-order valence-electron chi connectivity index (χ0n) is 10.4. The van der Waals surface area contributed by atoms with E-state index >= 15 is 0 Å². The summed E-state index contributed by atoms with van der Waals surface area (Å²) in [6.45, 7) is 0. The summed E-state index contributed by atoms with van der Waals surface area (Å²) in [7, 11) is 1.60. The van der Waals surface area contributed by atoms with E-state index in [0.29, 0.717) is 5.56 Å². The van der Waals surface area contributed by atoms with Gasteiger partial charge in [0, 0.05) is 0 Å². The van der Waals surface area contributed by atoms with Crippen molar-refractivity contribution in [2.24, 2.45) is 0 Å². The third kappa shape index (κ3) is 3.25. The lowest BCUT2D eigenvalue weighted by atomic mass is 9.97. The smallest absolute Gasteiger partial charge is 0.338 e. The minimum absolute atomic E-state index is 0.00616. The summed E-state index contributed by atoms with van der Waals surface area (Å²) >= 11 is 3.58. The summed E-state index contributed by atoms with van der Waals surface area (Å²) in [5, 5.41) is 0. The van der Waals surface area contributed by atoms with Crippen molar-refractivity contribution in [3.8, 4) is 5.75 Å². The van der Waals surface area contributed by atoms with E-state index in [9.17, 15) is 4.79 Å². The topological polar surface area (TPSA) is 35.5 Å². The van der Waals surface area contributed by atoms with Gasteiger partial charge in [0.25, 0.3) is 0 Å². The van der Waals surface area contributed by atoms with Crippen LogP contribution in [-0.2, 0) is 4.74 Å². The Kier molecular flexibility index (Phi) is 4.64. The van der Waals surface area contributed by atoms with E-state index in [4.69, 9.17) is 9.47 Å². The summed E-state index contributed by atoms with van der Waals surface area (Å²) in [5.74, 6) is 0.483. The quantitative estimate of drug-likeness (QED) is 0.632. The van der Waals surface area contributed by atoms with E-state index in [0.717, 1.165) is 25.0 Å². The van der Waals surface area contributed by atoms with Crippen LogP contribution in [0.4, 0.5) is 0 Å². The Morgan fingerprint density at radius 3 is 2.50 bits per heavy atom. The second-order valence-electron chi connectivity index (χ2n) is 4.47. The maximum absolute atomic E-state index is 12.0. The van der Waals surface area contributed by atoms with Crippen molar-refractivity contribution in [1.82, 2.24) is 0 Å². The van der Waals surface area contributed by atoms with Gasteiger partial charge in [0.1, 0.15) is 11.9 Å². The summed E-state index contributed by atoms with van der Waals surface area (Å²) in [6.07, 6.45) is 4.33. The summed E-state index contributed by atoms with van der Waals surface area (Å²) in [4.78, 5) is 12.3. The Balaban J connectivity index is 1.97. The molecule has 0 unspecified atom stereocenters. The molecule has 0 bridgehead atoms. The number of ether oxygens (including phenoxy) is 2. The van der Waals surface area contributed by atoms with Crippen LogP contribution >= 0.6 is 15.9 Å². The summed E-state index contributed by atoms with van der Waals surface area (Å²) in [5.41, 5.74) is 0.570. The highest BCUT2D eigenvalue weighted by Gasteiger charge is 2.26. The normalized spacial score (nSPS) is 23.4. The van der Waals surface area contributed by atoms with Gasteiger partial charge in [-0.25, -0.2) is 4.79 Å². The van der Waals surface area contributed by atoms with Crippen LogP contribution in [0.5, 0.6) is 5.75 Å².